The van der Waals surface area contributed by atoms with Gasteiger partial charge in [0.15, 0.2) is 0 Å². The largest absolute Gasteiger partial charge is 0.481 e. The van der Waals surface area contributed by atoms with Crippen LogP contribution in [-0.4, -0.2) is 65.3 Å². The molecule has 0 aromatic rings. The highest BCUT2D eigenvalue weighted by atomic mass is 16.5. The third-order valence-electron chi connectivity index (χ3n) is 2.26. The lowest BCUT2D eigenvalue weighted by atomic mass is 10.1. The van der Waals surface area contributed by atoms with Crippen molar-refractivity contribution in [2.45, 2.75) is 25.8 Å². The predicted molar refractivity (Wildman–Crippen MR) is 66.1 cm³/mol. The Morgan fingerprint density at radius 3 is 2.30 bits per heavy atom. The van der Waals surface area contributed by atoms with Crippen LogP contribution in [0.1, 0.15) is 19.8 Å². The van der Waals surface area contributed by atoms with E-state index < -0.39 is 36.4 Å². The predicted octanol–water partition coefficient (Wildman–Crippen LogP) is -0.491. The molecule has 0 bridgehead atoms. The van der Waals surface area contributed by atoms with E-state index in [9.17, 15) is 19.2 Å². The molecule has 9 nitrogen and oxygen atoms in total. The van der Waals surface area contributed by atoms with Crippen LogP contribution in [0, 0.1) is 0 Å². The van der Waals surface area contributed by atoms with Crippen molar-refractivity contribution >= 4 is 23.9 Å². The van der Waals surface area contributed by atoms with Gasteiger partial charge >= 0.3 is 23.9 Å². The van der Waals surface area contributed by atoms with Crippen LogP contribution in [0.15, 0.2) is 0 Å². The zero-order valence-electron chi connectivity index (χ0n) is 11.3. The Morgan fingerprint density at radius 1 is 1.25 bits per heavy atom. The van der Waals surface area contributed by atoms with Crippen molar-refractivity contribution in [1.29, 1.82) is 0 Å². The number of hydrogen-bond donors (Lipinski definition) is 3. The van der Waals surface area contributed by atoms with Crippen LogP contribution in [0.3, 0.4) is 0 Å². The van der Waals surface area contributed by atoms with E-state index in [0.717, 1.165) is 4.90 Å². The van der Waals surface area contributed by atoms with Gasteiger partial charge in [-0.05, 0) is 13.3 Å². The van der Waals surface area contributed by atoms with Crippen LogP contribution in [0.2, 0.25) is 0 Å². The maximum absolute atomic E-state index is 11.6. The molecule has 1 unspecified atom stereocenters. The fraction of sp³-hybridized carbons (Fsp3) is 0.636. The SMILES string of the molecule is CCOC(=O)CN(C)C(=O)NC(CCC(=O)O)C(=O)O. The molecule has 0 fully saturated rings. The fourth-order valence-electron chi connectivity index (χ4n) is 1.26. The highest BCUT2D eigenvalue weighted by Gasteiger charge is 2.23. The topological polar surface area (TPSA) is 133 Å². The van der Waals surface area contributed by atoms with Gasteiger partial charge in [-0.3, -0.25) is 9.59 Å². The first-order valence-electron chi connectivity index (χ1n) is 5.89. The molecule has 114 valence electrons. The normalized spacial score (nSPS) is 11.3. The lowest BCUT2D eigenvalue weighted by molar-refractivity contribution is -0.143. The minimum Gasteiger partial charge on any atom is -0.481 e. The Balaban J connectivity index is 4.40. The van der Waals surface area contributed by atoms with E-state index in [4.69, 9.17) is 10.2 Å². The van der Waals surface area contributed by atoms with E-state index in [1.54, 1.807) is 6.92 Å². The first-order chi connectivity index (χ1) is 9.27. The number of esters is 1. The lowest BCUT2D eigenvalue weighted by Crippen LogP contribution is -2.48. The molecule has 0 saturated heterocycles. The molecular formula is C11H18N2O7. The third kappa shape index (κ3) is 7.19. The molecule has 0 aliphatic carbocycles. The minimum atomic E-state index is -1.34. The quantitative estimate of drug-likeness (QED) is 0.513. The highest BCUT2D eigenvalue weighted by molar-refractivity contribution is 5.85. The van der Waals surface area contributed by atoms with Crippen molar-refractivity contribution in [2.75, 3.05) is 20.2 Å². The standard InChI is InChI=1S/C11H18N2O7/c1-3-20-9(16)6-13(2)11(19)12-7(10(17)18)4-5-8(14)15/h7H,3-6H2,1-2H3,(H,12,19)(H,14,15)(H,17,18). The number of aliphatic carboxylic acids is 2. The molecule has 9 heteroatoms. The summed E-state index contributed by atoms with van der Waals surface area (Å²) in [5.74, 6) is -3.13. The smallest absolute Gasteiger partial charge is 0.326 e. The van der Waals surface area contributed by atoms with Crippen LogP contribution in [0.4, 0.5) is 4.79 Å². The third-order valence-corrected chi connectivity index (χ3v) is 2.26. The number of nitrogens with one attached hydrogen (secondary N) is 1. The van der Waals surface area contributed by atoms with Crippen molar-refractivity contribution in [3.63, 3.8) is 0 Å². The average molecular weight is 290 g/mol. The number of carbonyl (C=O) groups is 4. The zero-order valence-corrected chi connectivity index (χ0v) is 11.3. The van der Waals surface area contributed by atoms with E-state index in [0.29, 0.717) is 0 Å². The Kier molecular flexibility index (Phi) is 7.71. The molecule has 0 saturated carbocycles. The van der Waals surface area contributed by atoms with Gasteiger partial charge in [-0.25, -0.2) is 9.59 Å². The number of nitrogens with zero attached hydrogens (tertiary/aromatic N) is 1. The summed E-state index contributed by atoms with van der Waals surface area (Å²) >= 11 is 0. The molecular weight excluding hydrogens is 272 g/mol. The number of carboxylic acids is 2. The lowest BCUT2D eigenvalue weighted by Gasteiger charge is -2.20. The van der Waals surface area contributed by atoms with Gasteiger partial charge in [0.2, 0.25) is 0 Å². The summed E-state index contributed by atoms with van der Waals surface area (Å²) in [4.78, 5) is 45.0. The van der Waals surface area contributed by atoms with Crippen molar-refractivity contribution in [1.82, 2.24) is 10.2 Å². The number of carboxylic acid groups (broad SMARTS) is 2. The number of rotatable bonds is 8. The van der Waals surface area contributed by atoms with Gasteiger partial charge in [-0.2, -0.15) is 0 Å². The summed E-state index contributed by atoms with van der Waals surface area (Å²) in [7, 11) is 1.29. The first kappa shape index (κ1) is 17.7. The average Bonchev–Trinajstić information content (AvgIpc) is 2.33. The molecule has 0 rings (SSSR count). The Hall–Kier alpha value is -2.32. The molecule has 20 heavy (non-hydrogen) atoms. The van der Waals surface area contributed by atoms with E-state index in [2.05, 4.69) is 10.1 Å². The summed E-state index contributed by atoms with van der Waals surface area (Å²) < 4.78 is 4.64. The van der Waals surface area contributed by atoms with E-state index in [1.165, 1.54) is 7.05 Å². The molecule has 0 aliphatic rings. The molecule has 0 aromatic heterocycles. The molecule has 0 aromatic carbocycles. The van der Waals surface area contributed by atoms with E-state index in [1.807, 2.05) is 0 Å². The van der Waals surface area contributed by atoms with E-state index >= 15 is 0 Å². The molecule has 3 N–H and O–H groups in total. The van der Waals surface area contributed by atoms with Gasteiger partial charge in [0.1, 0.15) is 12.6 Å². The number of likely N-dealkylation sites (N-methyl/N-ethyl adjacent to an activating group) is 1. The fourth-order valence-corrected chi connectivity index (χ4v) is 1.26. The van der Waals surface area contributed by atoms with E-state index in [-0.39, 0.29) is 19.6 Å². The number of carbonyl (C=O) groups excluding carboxylic acids is 2. The van der Waals surface area contributed by atoms with Gasteiger partial charge < -0.3 is 25.2 Å². The second-order valence-electron chi connectivity index (χ2n) is 3.93. The summed E-state index contributed by atoms with van der Waals surface area (Å²) in [6, 6.07) is -2.13. The van der Waals surface area contributed by atoms with Gasteiger partial charge in [-0.1, -0.05) is 0 Å². The molecule has 0 aliphatic heterocycles. The number of urea groups is 1. The van der Waals surface area contributed by atoms with Gasteiger partial charge in [0.05, 0.1) is 6.61 Å². The van der Waals surface area contributed by atoms with Crippen molar-refractivity contribution in [3.05, 3.63) is 0 Å². The van der Waals surface area contributed by atoms with Crippen LogP contribution in [-0.2, 0) is 19.1 Å². The summed E-state index contributed by atoms with van der Waals surface area (Å²) in [5, 5.41) is 19.5. The second kappa shape index (κ2) is 8.73. The summed E-state index contributed by atoms with van der Waals surface area (Å²) in [6.45, 7) is 1.46. The van der Waals surface area contributed by atoms with Crippen LogP contribution >= 0.6 is 0 Å². The van der Waals surface area contributed by atoms with Gasteiger partial charge in [0.25, 0.3) is 0 Å². The number of hydrogen-bond acceptors (Lipinski definition) is 5. The minimum absolute atomic E-state index is 0.171. The molecule has 2 amide bonds. The van der Waals surface area contributed by atoms with Crippen LogP contribution < -0.4 is 5.32 Å². The first-order valence-corrected chi connectivity index (χ1v) is 5.89. The Bertz CT molecular complexity index is 383. The molecule has 0 heterocycles. The Morgan fingerprint density at radius 2 is 1.85 bits per heavy atom. The zero-order chi connectivity index (χ0) is 15.7. The Labute approximate surface area is 115 Å². The molecule has 0 spiro atoms. The summed E-state index contributed by atoms with van der Waals surface area (Å²) in [5.41, 5.74) is 0. The number of amides is 2. The van der Waals surface area contributed by atoms with Crippen molar-refractivity contribution in [3.8, 4) is 0 Å². The van der Waals surface area contributed by atoms with Gasteiger partial charge in [-0.15, -0.1) is 0 Å². The number of ether oxygens (including phenoxy) is 1. The van der Waals surface area contributed by atoms with Gasteiger partial charge in [0, 0.05) is 13.5 Å². The van der Waals surface area contributed by atoms with Crippen molar-refractivity contribution in [2.24, 2.45) is 0 Å². The van der Waals surface area contributed by atoms with Crippen molar-refractivity contribution < 1.29 is 34.1 Å². The monoisotopic (exact) mass is 290 g/mol. The molecule has 0 radical (unpaired) electrons. The molecule has 1 atom stereocenters. The second-order valence-corrected chi connectivity index (χ2v) is 3.93. The van der Waals surface area contributed by atoms with Crippen LogP contribution in [0.5, 0.6) is 0 Å². The van der Waals surface area contributed by atoms with Crippen LogP contribution in [0.25, 0.3) is 0 Å². The maximum Gasteiger partial charge on any atom is 0.326 e. The highest BCUT2D eigenvalue weighted by Crippen LogP contribution is 1.99. The summed E-state index contributed by atoms with van der Waals surface area (Å²) in [6.07, 6.45) is -0.636. The maximum atomic E-state index is 11.6.